The lowest BCUT2D eigenvalue weighted by atomic mass is 10.0. The number of hydrogen-bond acceptors (Lipinski definition) is 5. The van der Waals surface area contributed by atoms with E-state index in [0.717, 1.165) is 0 Å². The number of rotatable bonds is 4. The Morgan fingerprint density at radius 2 is 1.64 bits per heavy atom. The van der Waals surface area contributed by atoms with Crippen molar-refractivity contribution in [2.75, 3.05) is 14.2 Å². The molecule has 22 heavy (non-hydrogen) atoms. The third-order valence-corrected chi connectivity index (χ3v) is 3.39. The molecule has 5 heteroatoms. The predicted octanol–water partition coefficient (Wildman–Crippen LogP) is 2.88. The normalized spacial score (nSPS) is 10.5. The molecule has 0 N–H and O–H groups in total. The average molecular weight is 294 g/mol. The number of ether oxygens (including phenoxy) is 2. The van der Waals surface area contributed by atoms with E-state index in [1.165, 1.54) is 6.33 Å². The van der Waals surface area contributed by atoms with Crippen LogP contribution in [0.3, 0.4) is 0 Å². The first-order chi connectivity index (χ1) is 10.7. The molecule has 3 rings (SSSR count). The first-order valence-corrected chi connectivity index (χ1v) is 6.71. The van der Waals surface area contributed by atoms with Gasteiger partial charge in [0, 0.05) is 17.0 Å². The number of methoxy groups -OCH3 is 2. The second kappa shape index (κ2) is 5.81. The molecule has 0 aliphatic carbocycles. The topological polar surface area (TPSA) is 61.3 Å². The first kappa shape index (κ1) is 14.0. The average Bonchev–Trinajstić information content (AvgIpc) is 2.60. The number of carbonyl (C=O) groups excluding carboxylic acids is 1. The van der Waals surface area contributed by atoms with Gasteiger partial charge in [-0.05, 0) is 6.07 Å². The van der Waals surface area contributed by atoms with Crippen molar-refractivity contribution in [2.45, 2.75) is 0 Å². The van der Waals surface area contributed by atoms with Gasteiger partial charge in [-0.2, -0.15) is 0 Å². The Kier molecular flexibility index (Phi) is 3.70. The zero-order valence-electron chi connectivity index (χ0n) is 12.2. The molecule has 0 radical (unpaired) electrons. The monoisotopic (exact) mass is 294 g/mol. The molecule has 5 nitrogen and oxygen atoms in total. The molecule has 0 aliphatic rings. The fraction of sp³-hybridized carbons (Fsp3) is 0.118. The molecule has 3 aromatic rings. The number of carbonyl (C=O) groups is 1. The van der Waals surface area contributed by atoms with Crippen LogP contribution in [0.1, 0.15) is 16.1 Å². The maximum atomic E-state index is 12.7. The Hall–Kier alpha value is -2.95. The van der Waals surface area contributed by atoms with Crippen molar-refractivity contribution in [2.24, 2.45) is 0 Å². The number of aromatic nitrogens is 2. The number of fused-ring (bicyclic) bond motifs is 1. The number of nitrogens with zero attached hydrogens (tertiary/aromatic N) is 2. The summed E-state index contributed by atoms with van der Waals surface area (Å²) in [6, 6.07) is 12.5. The SMILES string of the molecule is COc1cc2ncnc(C(=O)c3ccccc3)c2cc1OC. The lowest BCUT2D eigenvalue weighted by molar-refractivity contribution is 0.103. The molecule has 0 bridgehead atoms. The maximum absolute atomic E-state index is 12.7. The summed E-state index contributed by atoms with van der Waals surface area (Å²) in [6.45, 7) is 0. The highest BCUT2D eigenvalue weighted by Gasteiger charge is 2.17. The molecular weight excluding hydrogens is 280 g/mol. The molecule has 0 fully saturated rings. The number of benzene rings is 2. The van der Waals surface area contributed by atoms with E-state index in [1.54, 1.807) is 38.5 Å². The zero-order valence-corrected chi connectivity index (χ0v) is 12.2. The third kappa shape index (κ3) is 2.37. The van der Waals surface area contributed by atoms with Crippen molar-refractivity contribution in [3.05, 3.63) is 60.0 Å². The Balaban J connectivity index is 2.20. The lowest BCUT2D eigenvalue weighted by Gasteiger charge is -2.10. The van der Waals surface area contributed by atoms with Crippen molar-refractivity contribution in [1.29, 1.82) is 0 Å². The first-order valence-electron chi connectivity index (χ1n) is 6.71. The van der Waals surface area contributed by atoms with Crippen LogP contribution in [0.5, 0.6) is 11.5 Å². The molecule has 0 saturated heterocycles. The lowest BCUT2D eigenvalue weighted by Crippen LogP contribution is -2.06. The molecule has 0 spiro atoms. The van der Waals surface area contributed by atoms with E-state index in [1.807, 2.05) is 18.2 Å². The minimum Gasteiger partial charge on any atom is -0.493 e. The molecule has 0 unspecified atom stereocenters. The Bertz CT molecular complexity index is 832. The molecule has 1 heterocycles. The fourth-order valence-corrected chi connectivity index (χ4v) is 2.29. The van der Waals surface area contributed by atoms with E-state index in [4.69, 9.17) is 9.47 Å². The van der Waals surface area contributed by atoms with E-state index in [2.05, 4.69) is 9.97 Å². The standard InChI is InChI=1S/C17H14N2O3/c1-21-14-8-12-13(9-15(14)22-2)18-10-19-16(12)17(20)11-6-4-3-5-7-11/h3-10H,1-2H3. The van der Waals surface area contributed by atoms with Crippen molar-refractivity contribution < 1.29 is 14.3 Å². The van der Waals surface area contributed by atoms with Gasteiger partial charge in [0.1, 0.15) is 12.0 Å². The Labute approximate surface area is 127 Å². The predicted molar refractivity (Wildman–Crippen MR) is 82.5 cm³/mol. The van der Waals surface area contributed by atoms with Crippen LogP contribution in [0.2, 0.25) is 0 Å². The molecule has 0 saturated carbocycles. The second-order valence-corrected chi connectivity index (χ2v) is 4.64. The summed E-state index contributed by atoms with van der Waals surface area (Å²) in [5, 5.41) is 0.633. The third-order valence-electron chi connectivity index (χ3n) is 3.39. The quantitative estimate of drug-likeness (QED) is 0.692. The fourth-order valence-electron chi connectivity index (χ4n) is 2.29. The van der Waals surface area contributed by atoms with Gasteiger partial charge in [0.2, 0.25) is 5.78 Å². The highest BCUT2D eigenvalue weighted by atomic mass is 16.5. The van der Waals surface area contributed by atoms with E-state index in [9.17, 15) is 4.79 Å². The van der Waals surface area contributed by atoms with Gasteiger partial charge in [0.15, 0.2) is 11.5 Å². The van der Waals surface area contributed by atoms with Crippen molar-refractivity contribution >= 4 is 16.7 Å². The molecule has 0 amide bonds. The molecule has 0 aliphatic heterocycles. The zero-order chi connectivity index (χ0) is 15.5. The summed E-state index contributed by atoms with van der Waals surface area (Å²) >= 11 is 0. The highest BCUT2D eigenvalue weighted by Crippen LogP contribution is 2.32. The van der Waals surface area contributed by atoms with Gasteiger partial charge in [0.25, 0.3) is 0 Å². The van der Waals surface area contributed by atoms with Crippen LogP contribution in [-0.4, -0.2) is 30.0 Å². The Morgan fingerprint density at radius 3 is 2.32 bits per heavy atom. The second-order valence-electron chi connectivity index (χ2n) is 4.64. The van der Waals surface area contributed by atoms with Crippen LogP contribution in [0.25, 0.3) is 10.9 Å². The van der Waals surface area contributed by atoms with Gasteiger partial charge >= 0.3 is 0 Å². The summed E-state index contributed by atoms with van der Waals surface area (Å²) in [5.74, 6) is 0.943. The largest absolute Gasteiger partial charge is 0.493 e. The summed E-state index contributed by atoms with van der Waals surface area (Å²) < 4.78 is 10.6. The summed E-state index contributed by atoms with van der Waals surface area (Å²) in [4.78, 5) is 21.0. The Morgan fingerprint density at radius 1 is 0.955 bits per heavy atom. The van der Waals surface area contributed by atoms with Crippen molar-refractivity contribution in [1.82, 2.24) is 9.97 Å². The number of ketones is 1. The van der Waals surface area contributed by atoms with Crippen LogP contribution in [0.15, 0.2) is 48.8 Å². The van der Waals surface area contributed by atoms with E-state index < -0.39 is 0 Å². The van der Waals surface area contributed by atoms with Crippen LogP contribution >= 0.6 is 0 Å². The van der Waals surface area contributed by atoms with Gasteiger partial charge in [-0.15, -0.1) is 0 Å². The van der Waals surface area contributed by atoms with Gasteiger partial charge in [0.05, 0.1) is 19.7 Å². The maximum Gasteiger partial charge on any atom is 0.212 e. The van der Waals surface area contributed by atoms with Gasteiger partial charge in [-0.3, -0.25) is 4.79 Å². The van der Waals surface area contributed by atoms with Crippen LogP contribution in [-0.2, 0) is 0 Å². The summed E-state index contributed by atoms with van der Waals surface area (Å²) in [7, 11) is 3.10. The van der Waals surface area contributed by atoms with Crippen molar-refractivity contribution in [3.8, 4) is 11.5 Å². The molecule has 1 aromatic heterocycles. The molecule has 2 aromatic carbocycles. The van der Waals surface area contributed by atoms with E-state index in [-0.39, 0.29) is 5.78 Å². The van der Waals surface area contributed by atoms with Gasteiger partial charge in [-0.1, -0.05) is 30.3 Å². The van der Waals surface area contributed by atoms with Crippen molar-refractivity contribution in [3.63, 3.8) is 0 Å². The van der Waals surface area contributed by atoms with E-state index in [0.29, 0.717) is 33.7 Å². The molecule has 0 atom stereocenters. The van der Waals surface area contributed by atoms with E-state index >= 15 is 0 Å². The summed E-state index contributed by atoms with van der Waals surface area (Å²) in [6.07, 6.45) is 1.38. The van der Waals surface area contributed by atoms with Crippen LogP contribution < -0.4 is 9.47 Å². The van der Waals surface area contributed by atoms with Gasteiger partial charge < -0.3 is 9.47 Å². The molecule has 110 valence electrons. The smallest absolute Gasteiger partial charge is 0.212 e. The summed E-state index contributed by atoms with van der Waals surface area (Å²) in [5.41, 5.74) is 1.56. The minimum absolute atomic E-state index is 0.153. The number of hydrogen-bond donors (Lipinski definition) is 0. The van der Waals surface area contributed by atoms with Crippen LogP contribution in [0.4, 0.5) is 0 Å². The minimum atomic E-state index is -0.153. The molecular formula is C17H14N2O3. The van der Waals surface area contributed by atoms with Gasteiger partial charge in [-0.25, -0.2) is 9.97 Å². The highest BCUT2D eigenvalue weighted by molar-refractivity contribution is 6.14. The van der Waals surface area contributed by atoms with Crippen LogP contribution in [0, 0.1) is 0 Å².